The molecule has 0 saturated carbocycles. The molecule has 132 valence electrons. The summed E-state index contributed by atoms with van der Waals surface area (Å²) in [5.74, 6) is -0.163. The molecular weight excluding hydrogens is 320 g/mol. The molecule has 0 saturated heterocycles. The second-order valence-corrected chi connectivity index (χ2v) is 5.82. The van der Waals surface area contributed by atoms with E-state index in [-0.39, 0.29) is 17.6 Å². The van der Waals surface area contributed by atoms with Crippen molar-refractivity contribution in [2.75, 3.05) is 13.7 Å². The van der Waals surface area contributed by atoms with Crippen LogP contribution in [0.5, 0.6) is 0 Å². The monoisotopic (exact) mass is 342 g/mol. The number of hydrogen-bond donors (Lipinski definition) is 1. The number of nitrogens with zero attached hydrogens (tertiary/aromatic N) is 1. The quantitative estimate of drug-likeness (QED) is 0.556. The SMILES string of the molecule is COC(=O)CCCCCCCNC(=O)c1cc2cc(C#N)ccc2o1. The van der Waals surface area contributed by atoms with E-state index < -0.39 is 0 Å². The zero-order valence-electron chi connectivity index (χ0n) is 14.3. The van der Waals surface area contributed by atoms with E-state index in [4.69, 9.17) is 9.68 Å². The molecule has 6 nitrogen and oxygen atoms in total. The molecule has 25 heavy (non-hydrogen) atoms. The minimum Gasteiger partial charge on any atom is -0.469 e. The van der Waals surface area contributed by atoms with Crippen LogP contribution in [-0.4, -0.2) is 25.5 Å². The Balaban J connectivity index is 1.67. The number of amides is 1. The number of benzene rings is 1. The summed E-state index contributed by atoms with van der Waals surface area (Å²) in [5.41, 5.74) is 1.13. The number of nitrogens with one attached hydrogen (secondary N) is 1. The molecule has 0 aliphatic rings. The standard InChI is InChI=1S/C19H22N2O4/c1-24-18(22)7-5-3-2-4-6-10-21-19(23)17-12-15-11-14(13-20)8-9-16(15)25-17/h8-9,11-12H,2-7,10H2,1H3,(H,21,23). The molecule has 0 bridgehead atoms. The molecule has 0 aliphatic carbocycles. The number of rotatable bonds is 9. The first kappa shape index (κ1) is 18.5. The third kappa shape index (κ3) is 5.64. The van der Waals surface area contributed by atoms with Gasteiger partial charge in [-0.05, 0) is 37.1 Å². The summed E-state index contributed by atoms with van der Waals surface area (Å²) in [4.78, 5) is 23.1. The molecule has 0 unspecified atom stereocenters. The number of furan rings is 1. The fourth-order valence-electron chi connectivity index (χ4n) is 2.54. The van der Waals surface area contributed by atoms with Crippen LogP contribution < -0.4 is 5.32 Å². The maximum atomic E-state index is 12.1. The molecular formula is C19H22N2O4. The summed E-state index contributed by atoms with van der Waals surface area (Å²) in [5, 5.41) is 12.5. The van der Waals surface area contributed by atoms with Crippen LogP contribution in [0.25, 0.3) is 11.0 Å². The maximum Gasteiger partial charge on any atom is 0.305 e. The van der Waals surface area contributed by atoms with E-state index >= 15 is 0 Å². The van der Waals surface area contributed by atoms with Crippen molar-refractivity contribution in [3.63, 3.8) is 0 Å². The lowest BCUT2D eigenvalue weighted by molar-refractivity contribution is -0.140. The Hall–Kier alpha value is -2.81. The van der Waals surface area contributed by atoms with Gasteiger partial charge < -0.3 is 14.5 Å². The lowest BCUT2D eigenvalue weighted by Crippen LogP contribution is -2.23. The van der Waals surface area contributed by atoms with Crippen molar-refractivity contribution in [1.82, 2.24) is 5.32 Å². The van der Waals surface area contributed by atoms with Crippen molar-refractivity contribution >= 4 is 22.8 Å². The Morgan fingerprint density at radius 2 is 1.92 bits per heavy atom. The first-order valence-electron chi connectivity index (χ1n) is 8.42. The minimum absolute atomic E-state index is 0.167. The van der Waals surface area contributed by atoms with Crippen LogP contribution in [0.4, 0.5) is 0 Å². The lowest BCUT2D eigenvalue weighted by Gasteiger charge is -2.03. The molecule has 0 atom stereocenters. The molecule has 1 aromatic carbocycles. The molecule has 0 fully saturated rings. The second-order valence-electron chi connectivity index (χ2n) is 5.82. The topological polar surface area (TPSA) is 92.3 Å². The Labute approximate surface area is 146 Å². The number of fused-ring (bicyclic) bond motifs is 1. The van der Waals surface area contributed by atoms with E-state index in [1.165, 1.54) is 7.11 Å². The highest BCUT2D eigenvalue weighted by atomic mass is 16.5. The third-order valence-electron chi connectivity index (χ3n) is 3.94. The van der Waals surface area contributed by atoms with Crippen LogP contribution in [-0.2, 0) is 9.53 Å². The largest absolute Gasteiger partial charge is 0.469 e. The number of carbonyl (C=O) groups excluding carboxylic acids is 2. The Kier molecular flexibility index (Phi) is 7.02. The predicted molar refractivity (Wildman–Crippen MR) is 93.0 cm³/mol. The Morgan fingerprint density at radius 3 is 2.68 bits per heavy atom. The molecule has 6 heteroatoms. The van der Waals surface area contributed by atoms with E-state index in [9.17, 15) is 9.59 Å². The minimum atomic E-state index is -0.250. The number of carbonyl (C=O) groups is 2. The fraction of sp³-hybridized carbons (Fsp3) is 0.421. The van der Waals surface area contributed by atoms with Gasteiger partial charge in [-0.15, -0.1) is 0 Å². The van der Waals surface area contributed by atoms with Gasteiger partial charge in [0, 0.05) is 18.4 Å². The molecule has 1 aromatic heterocycles. The van der Waals surface area contributed by atoms with Gasteiger partial charge in [-0.2, -0.15) is 5.26 Å². The molecule has 1 amide bonds. The summed E-state index contributed by atoms with van der Waals surface area (Å²) in [6.45, 7) is 0.580. The number of esters is 1. The predicted octanol–water partition coefficient (Wildman–Crippen LogP) is 3.55. The van der Waals surface area contributed by atoms with Crippen molar-refractivity contribution < 1.29 is 18.7 Å². The smallest absolute Gasteiger partial charge is 0.305 e. The number of hydrogen-bond acceptors (Lipinski definition) is 5. The molecule has 1 heterocycles. The van der Waals surface area contributed by atoms with Gasteiger partial charge in [0.2, 0.25) is 0 Å². The van der Waals surface area contributed by atoms with Crippen molar-refractivity contribution in [3.05, 3.63) is 35.6 Å². The Morgan fingerprint density at radius 1 is 1.16 bits per heavy atom. The molecule has 2 aromatic rings. The maximum absolute atomic E-state index is 12.1. The van der Waals surface area contributed by atoms with Gasteiger partial charge in [-0.1, -0.05) is 19.3 Å². The van der Waals surface area contributed by atoms with Crippen LogP contribution in [0, 0.1) is 11.3 Å². The third-order valence-corrected chi connectivity index (χ3v) is 3.94. The number of nitriles is 1. The lowest BCUT2D eigenvalue weighted by atomic mass is 10.1. The van der Waals surface area contributed by atoms with Crippen LogP contribution in [0.3, 0.4) is 0 Å². The van der Waals surface area contributed by atoms with Crippen molar-refractivity contribution in [2.24, 2.45) is 0 Å². The van der Waals surface area contributed by atoms with Gasteiger partial charge >= 0.3 is 5.97 Å². The first-order chi connectivity index (χ1) is 12.1. The van der Waals surface area contributed by atoms with Gasteiger partial charge in [-0.25, -0.2) is 0 Å². The summed E-state index contributed by atoms with van der Waals surface area (Å²) in [6, 6.07) is 8.77. The Bertz CT molecular complexity index is 773. The van der Waals surface area contributed by atoms with Gasteiger partial charge in [0.15, 0.2) is 5.76 Å². The normalized spacial score (nSPS) is 10.4. The fourth-order valence-corrected chi connectivity index (χ4v) is 2.54. The molecule has 1 N–H and O–H groups in total. The van der Waals surface area contributed by atoms with Crippen LogP contribution in [0.2, 0.25) is 0 Å². The first-order valence-corrected chi connectivity index (χ1v) is 8.42. The highest BCUT2D eigenvalue weighted by Gasteiger charge is 2.12. The highest BCUT2D eigenvalue weighted by molar-refractivity contribution is 5.96. The van der Waals surface area contributed by atoms with Gasteiger partial charge in [0.05, 0.1) is 18.7 Å². The second kappa shape index (κ2) is 9.48. The average molecular weight is 342 g/mol. The van der Waals surface area contributed by atoms with E-state index in [0.29, 0.717) is 24.1 Å². The summed E-state index contributed by atoms with van der Waals surface area (Å²) in [6.07, 6.45) is 5.17. The zero-order valence-corrected chi connectivity index (χ0v) is 14.3. The van der Waals surface area contributed by atoms with Crippen LogP contribution >= 0.6 is 0 Å². The molecule has 0 spiro atoms. The number of methoxy groups -OCH3 is 1. The van der Waals surface area contributed by atoms with Gasteiger partial charge in [-0.3, -0.25) is 9.59 Å². The van der Waals surface area contributed by atoms with Crippen molar-refractivity contribution in [3.8, 4) is 6.07 Å². The van der Waals surface area contributed by atoms with Crippen LogP contribution in [0.15, 0.2) is 28.7 Å². The number of ether oxygens (including phenoxy) is 1. The summed E-state index contributed by atoms with van der Waals surface area (Å²) >= 11 is 0. The van der Waals surface area contributed by atoms with E-state index in [0.717, 1.165) is 37.5 Å². The van der Waals surface area contributed by atoms with Crippen molar-refractivity contribution in [2.45, 2.75) is 38.5 Å². The summed E-state index contributed by atoms with van der Waals surface area (Å²) < 4.78 is 10.1. The van der Waals surface area contributed by atoms with Gasteiger partial charge in [0.1, 0.15) is 5.58 Å². The summed E-state index contributed by atoms with van der Waals surface area (Å²) in [7, 11) is 1.40. The molecule has 0 aliphatic heterocycles. The van der Waals surface area contributed by atoms with E-state index in [1.54, 1.807) is 24.3 Å². The van der Waals surface area contributed by atoms with E-state index in [1.807, 2.05) is 0 Å². The van der Waals surface area contributed by atoms with Crippen molar-refractivity contribution in [1.29, 1.82) is 5.26 Å². The van der Waals surface area contributed by atoms with Crippen LogP contribution in [0.1, 0.15) is 54.6 Å². The van der Waals surface area contributed by atoms with Gasteiger partial charge in [0.25, 0.3) is 5.91 Å². The molecule has 0 radical (unpaired) electrons. The number of unbranched alkanes of at least 4 members (excludes halogenated alkanes) is 4. The highest BCUT2D eigenvalue weighted by Crippen LogP contribution is 2.20. The van der Waals surface area contributed by atoms with E-state index in [2.05, 4.69) is 16.1 Å². The average Bonchev–Trinajstić information content (AvgIpc) is 3.06. The molecule has 2 rings (SSSR count). The zero-order chi connectivity index (χ0) is 18.1.